The van der Waals surface area contributed by atoms with E-state index in [1.54, 1.807) is 24.3 Å². The Hall–Kier alpha value is -2.47. The second kappa shape index (κ2) is 8.85. The second-order valence-electron chi connectivity index (χ2n) is 4.64. The van der Waals surface area contributed by atoms with Crippen molar-refractivity contribution in [3.63, 3.8) is 0 Å². The molecule has 0 radical (unpaired) electrons. The van der Waals surface area contributed by atoms with E-state index in [1.165, 1.54) is 11.8 Å². The van der Waals surface area contributed by atoms with Gasteiger partial charge < -0.3 is 15.2 Å². The lowest BCUT2D eigenvalue weighted by atomic mass is 10.2. The predicted octanol–water partition coefficient (Wildman–Crippen LogP) is 3.40. The summed E-state index contributed by atoms with van der Waals surface area (Å²) in [5, 5.41) is 11.7. The Morgan fingerprint density at radius 1 is 1.04 bits per heavy atom. The first kappa shape index (κ1) is 16.9. The van der Waals surface area contributed by atoms with E-state index in [-0.39, 0.29) is 12.2 Å². The first-order chi connectivity index (χ1) is 11.2. The van der Waals surface area contributed by atoms with Gasteiger partial charge in [-0.25, -0.2) is 9.59 Å². The molecular weight excluding hydrogens is 314 g/mol. The minimum absolute atomic E-state index is 0.224. The van der Waals surface area contributed by atoms with Crippen LogP contribution in [0.15, 0.2) is 59.5 Å². The van der Waals surface area contributed by atoms with Crippen molar-refractivity contribution in [3.8, 4) is 0 Å². The number of aromatic carboxylic acids is 1. The van der Waals surface area contributed by atoms with Crippen LogP contribution in [0.5, 0.6) is 0 Å². The van der Waals surface area contributed by atoms with E-state index in [2.05, 4.69) is 5.32 Å². The van der Waals surface area contributed by atoms with Gasteiger partial charge in [0.1, 0.15) is 6.61 Å². The number of thioether (sulfide) groups is 1. The molecular formula is C17H17NO4S. The van der Waals surface area contributed by atoms with E-state index in [9.17, 15) is 9.59 Å². The van der Waals surface area contributed by atoms with E-state index in [0.717, 1.165) is 5.56 Å². The molecule has 5 nitrogen and oxygen atoms in total. The molecule has 23 heavy (non-hydrogen) atoms. The molecule has 2 N–H and O–H groups in total. The van der Waals surface area contributed by atoms with Gasteiger partial charge in [-0.15, -0.1) is 11.8 Å². The molecule has 0 aromatic heterocycles. The summed E-state index contributed by atoms with van der Waals surface area (Å²) in [4.78, 5) is 23.3. The van der Waals surface area contributed by atoms with Crippen molar-refractivity contribution in [2.24, 2.45) is 0 Å². The van der Waals surface area contributed by atoms with Crippen molar-refractivity contribution in [1.29, 1.82) is 0 Å². The third kappa shape index (κ3) is 5.67. The maximum atomic E-state index is 11.6. The monoisotopic (exact) mass is 331 g/mol. The summed E-state index contributed by atoms with van der Waals surface area (Å²) in [6.45, 7) is 0.619. The molecule has 0 saturated carbocycles. The second-order valence-corrected chi connectivity index (χ2v) is 5.78. The summed E-state index contributed by atoms with van der Waals surface area (Å²) in [6, 6.07) is 16.2. The Morgan fingerprint density at radius 2 is 1.74 bits per heavy atom. The molecule has 2 rings (SSSR count). The first-order valence-corrected chi connectivity index (χ1v) is 8.05. The largest absolute Gasteiger partial charge is 0.478 e. The van der Waals surface area contributed by atoms with Crippen LogP contribution in [0.2, 0.25) is 0 Å². The van der Waals surface area contributed by atoms with Gasteiger partial charge in [-0.1, -0.05) is 42.5 Å². The van der Waals surface area contributed by atoms with Gasteiger partial charge in [-0.2, -0.15) is 0 Å². The molecule has 2 aromatic carbocycles. The third-order valence-corrected chi connectivity index (χ3v) is 4.03. The fourth-order valence-electron chi connectivity index (χ4n) is 1.86. The molecule has 0 fully saturated rings. The van der Waals surface area contributed by atoms with Gasteiger partial charge in [0.25, 0.3) is 0 Å². The Bertz CT molecular complexity index is 661. The number of ether oxygens (including phenoxy) is 1. The summed E-state index contributed by atoms with van der Waals surface area (Å²) in [7, 11) is 0. The van der Waals surface area contributed by atoms with Crippen LogP contribution in [-0.4, -0.2) is 29.5 Å². The number of carbonyl (C=O) groups excluding carboxylic acids is 1. The quantitative estimate of drug-likeness (QED) is 0.601. The minimum atomic E-state index is -0.955. The van der Waals surface area contributed by atoms with Crippen molar-refractivity contribution in [1.82, 2.24) is 5.32 Å². The topological polar surface area (TPSA) is 75.6 Å². The average molecular weight is 331 g/mol. The van der Waals surface area contributed by atoms with Crippen LogP contribution in [0.25, 0.3) is 0 Å². The smallest absolute Gasteiger partial charge is 0.407 e. The Morgan fingerprint density at radius 3 is 2.48 bits per heavy atom. The number of rotatable bonds is 7. The molecule has 120 valence electrons. The molecule has 2 aromatic rings. The summed E-state index contributed by atoms with van der Waals surface area (Å²) in [6.07, 6.45) is -0.485. The van der Waals surface area contributed by atoms with E-state index in [4.69, 9.17) is 9.84 Å². The van der Waals surface area contributed by atoms with Crippen LogP contribution in [0.1, 0.15) is 15.9 Å². The Balaban J connectivity index is 1.69. The van der Waals surface area contributed by atoms with Gasteiger partial charge in [-0.05, 0) is 17.7 Å². The van der Waals surface area contributed by atoms with Gasteiger partial charge in [0, 0.05) is 17.2 Å². The molecule has 1 amide bonds. The Labute approximate surface area is 138 Å². The number of hydrogen-bond acceptors (Lipinski definition) is 4. The molecule has 0 bridgehead atoms. The third-order valence-electron chi connectivity index (χ3n) is 2.96. The number of hydrogen-bond donors (Lipinski definition) is 2. The number of benzene rings is 2. The number of alkyl carbamates (subject to hydrolysis) is 1. The zero-order valence-electron chi connectivity index (χ0n) is 12.4. The van der Waals surface area contributed by atoms with Gasteiger partial charge >= 0.3 is 12.1 Å². The van der Waals surface area contributed by atoms with Crippen LogP contribution in [0.4, 0.5) is 4.79 Å². The van der Waals surface area contributed by atoms with Crippen molar-refractivity contribution in [3.05, 3.63) is 65.7 Å². The predicted molar refractivity (Wildman–Crippen MR) is 88.8 cm³/mol. The number of carbonyl (C=O) groups is 2. The van der Waals surface area contributed by atoms with Crippen molar-refractivity contribution >= 4 is 23.8 Å². The number of amides is 1. The van der Waals surface area contributed by atoms with Crippen LogP contribution < -0.4 is 5.32 Å². The molecule has 0 spiro atoms. The van der Waals surface area contributed by atoms with E-state index in [0.29, 0.717) is 17.2 Å². The lowest BCUT2D eigenvalue weighted by Gasteiger charge is -2.08. The molecule has 0 saturated heterocycles. The summed E-state index contributed by atoms with van der Waals surface area (Å²) in [5.41, 5.74) is 1.19. The van der Waals surface area contributed by atoms with E-state index < -0.39 is 12.1 Å². The maximum absolute atomic E-state index is 11.6. The maximum Gasteiger partial charge on any atom is 0.407 e. The fourth-order valence-corrected chi connectivity index (χ4v) is 2.77. The van der Waals surface area contributed by atoms with Crippen molar-refractivity contribution in [2.45, 2.75) is 11.5 Å². The number of carboxylic acids is 1. The lowest BCUT2D eigenvalue weighted by molar-refractivity contribution is 0.0693. The highest BCUT2D eigenvalue weighted by molar-refractivity contribution is 7.99. The first-order valence-electron chi connectivity index (χ1n) is 7.06. The summed E-state index contributed by atoms with van der Waals surface area (Å²) in [5.74, 6) is -0.395. The fraction of sp³-hybridized carbons (Fsp3) is 0.176. The Kier molecular flexibility index (Phi) is 6.50. The zero-order chi connectivity index (χ0) is 16.5. The molecule has 6 heteroatoms. The molecule has 0 aliphatic heterocycles. The highest BCUT2D eigenvalue weighted by Crippen LogP contribution is 2.22. The number of carboxylic acid groups (broad SMARTS) is 1. The van der Waals surface area contributed by atoms with Crippen molar-refractivity contribution in [2.75, 3.05) is 12.3 Å². The highest BCUT2D eigenvalue weighted by atomic mass is 32.2. The van der Waals surface area contributed by atoms with E-state index in [1.807, 2.05) is 30.3 Å². The SMILES string of the molecule is O=C(NCCSc1ccccc1C(=O)O)OCc1ccccc1. The van der Waals surface area contributed by atoms with Crippen LogP contribution >= 0.6 is 11.8 Å². The van der Waals surface area contributed by atoms with Crippen LogP contribution in [0.3, 0.4) is 0 Å². The summed E-state index contributed by atoms with van der Waals surface area (Å²) >= 11 is 1.38. The highest BCUT2D eigenvalue weighted by Gasteiger charge is 2.09. The standard InChI is InChI=1S/C17H17NO4S/c19-16(20)14-8-4-5-9-15(14)23-11-10-18-17(21)22-12-13-6-2-1-3-7-13/h1-9H,10-12H2,(H,18,21)(H,19,20). The average Bonchev–Trinajstić information content (AvgIpc) is 2.58. The molecule has 0 heterocycles. The molecule has 0 aliphatic carbocycles. The molecule has 0 aliphatic rings. The normalized spacial score (nSPS) is 10.1. The molecule has 0 unspecified atom stereocenters. The zero-order valence-corrected chi connectivity index (χ0v) is 13.2. The van der Waals surface area contributed by atoms with Gasteiger partial charge in [0.2, 0.25) is 0 Å². The lowest BCUT2D eigenvalue weighted by Crippen LogP contribution is -2.26. The van der Waals surface area contributed by atoms with Gasteiger partial charge in [-0.3, -0.25) is 0 Å². The number of nitrogens with one attached hydrogen (secondary N) is 1. The van der Waals surface area contributed by atoms with Crippen LogP contribution in [0, 0.1) is 0 Å². The molecule has 0 atom stereocenters. The van der Waals surface area contributed by atoms with Gasteiger partial charge in [0.05, 0.1) is 5.56 Å². The van der Waals surface area contributed by atoms with E-state index >= 15 is 0 Å². The minimum Gasteiger partial charge on any atom is -0.478 e. The van der Waals surface area contributed by atoms with Crippen molar-refractivity contribution < 1.29 is 19.4 Å². The summed E-state index contributed by atoms with van der Waals surface area (Å²) < 4.78 is 5.09. The van der Waals surface area contributed by atoms with Gasteiger partial charge in [0.15, 0.2) is 0 Å². The van der Waals surface area contributed by atoms with Crippen LogP contribution in [-0.2, 0) is 11.3 Å².